The van der Waals surface area contributed by atoms with E-state index in [1.807, 2.05) is 30.3 Å². The Morgan fingerprint density at radius 1 is 0.694 bits per heavy atom. The van der Waals surface area contributed by atoms with E-state index in [4.69, 9.17) is 18.9 Å². The van der Waals surface area contributed by atoms with Crippen LogP contribution >= 0.6 is 0 Å². The van der Waals surface area contributed by atoms with Crippen molar-refractivity contribution < 1.29 is 23.7 Å². The lowest BCUT2D eigenvalue weighted by Gasteiger charge is -2.15. The first-order chi connectivity index (χ1) is 17.6. The number of carbonyl (C=O) groups is 1. The van der Waals surface area contributed by atoms with E-state index >= 15 is 0 Å². The fraction of sp³-hybridized carbons (Fsp3) is 0.516. The Kier molecular flexibility index (Phi) is 14.2. The van der Waals surface area contributed by atoms with E-state index in [-0.39, 0.29) is 5.78 Å². The van der Waals surface area contributed by atoms with E-state index in [0.717, 1.165) is 68.4 Å². The van der Waals surface area contributed by atoms with Crippen molar-refractivity contribution in [3.05, 3.63) is 53.6 Å². The van der Waals surface area contributed by atoms with Gasteiger partial charge in [-0.15, -0.1) is 0 Å². The summed E-state index contributed by atoms with van der Waals surface area (Å²) in [6.07, 6.45) is 11.4. The number of unbranched alkanes of at least 4 members (excludes halogenated alkanes) is 4. The third-order valence-electron chi connectivity index (χ3n) is 5.66. The first-order valence-corrected chi connectivity index (χ1v) is 13.6. The molecule has 36 heavy (non-hydrogen) atoms. The summed E-state index contributed by atoms with van der Waals surface area (Å²) in [5.74, 6) is 2.51. The van der Waals surface area contributed by atoms with E-state index in [2.05, 4.69) is 27.7 Å². The summed E-state index contributed by atoms with van der Waals surface area (Å²) in [7, 11) is 0. The van der Waals surface area contributed by atoms with Crippen molar-refractivity contribution in [2.24, 2.45) is 0 Å². The summed E-state index contributed by atoms with van der Waals surface area (Å²) in [6, 6.07) is 11.3. The highest BCUT2D eigenvalue weighted by molar-refractivity contribution is 6.09. The molecule has 0 unspecified atom stereocenters. The van der Waals surface area contributed by atoms with Crippen molar-refractivity contribution >= 4 is 11.9 Å². The molecule has 2 aromatic rings. The maximum atomic E-state index is 13.3. The Bertz CT molecular complexity index is 935. The van der Waals surface area contributed by atoms with Crippen LogP contribution in [0, 0.1) is 0 Å². The van der Waals surface area contributed by atoms with Crippen molar-refractivity contribution in [3.63, 3.8) is 0 Å². The van der Waals surface area contributed by atoms with Crippen molar-refractivity contribution in [2.45, 2.75) is 79.1 Å². The van der Waals surface area contributed by atoms with Gasteiger partial charge in [0.1, 0.15) is 11.5 Å². The first-order valence-electron chi connectivity index (χ1n) is 13.6. The molecule has 2 aromatic carbocycles. The molecule has 0 aliphatic heterocycles. The van der Waals surface area contributed by atoms with Crippen LogP contribution < -0.4 is 18.9 Å². The molecule has 0 aromatic heterocycles. The number of rotatable bonds is 19. The second-order valence-corrected chi connectivity index (χ2v) is 8.84. The first kappa shape index (κ1) is 29.3. The number of carbonyl (C=O) groups excluding carboxylic acids is 1. The third-order valence-corrected chi connectivity index (χ3v) is 5.66. The molecule has 0 aliphatic carbocycles. The van der Waals surface area contributed by atoms with Crippen LogP contribution in [-0.2, 0) is 0 Å². The van der Waals surface area contributed by atoms with Crippen LogP contribution in [0.2, 0.25) is 0 Å². The normalized spacial score (nSPS) is 11.0. The minimum atomic E-state index is -0.140. The summed E-state index contributed by atoms with van der Waals surface area (Å²) in [4.78, 5) is 13.3. The summed E-state index contributed by atoms with van der Waals surface area (Å²) >= 11 is 0. The Balaban J connectivity index is 2.30. The van der Waals surface area contributed by atoms with Gasteiger partial charge in [0.15, 0.2) is 17.3 Å². The van der Waals surface area contributed by atoms with Gasteiger partial charge in [-0.3, -0.25) is 4.79 Å². The van der Waals surface area contributed by atoms with Gasteiger partial charge < -0.3 is 18.9 Å². The van der Waals surface area contributed by atoms with Gasteiger partial charge in [-0.25, -0.2) is 0 Å². The molecule has 0 spiro atoms. The maximum absolute atomic E-state index is 13.3. The molecule has 5 heteroatoms. The van der Waals surface area contributed by atoms with Crippen molar-refractivity contribution in [2.75, 3.05) is 26.4 Å². The topological polar surface area (TPSA) is 54.0 Å². The molecule has 0 amide bonds. The third kappa shape index (κ3) is 9.96. The van der Waals surface area contributed by atoms with Crippen LogP contribution in [0.15, 0.2) is 42.5 Å². The summed E-state index contributed by atoms with van der Waals surface area (Å²) in [5.41, 5.74) is 1.32. The molecule has 0 saturated carbocycles. The largest absolute Gasteiger partial charge is 0.494 e. The van der Waals surface area contributed by atoms with E-state index in [1.165, 1.54) is 0 Å². The Morgan fingerprint density at radius 2 is 1.28 bits per heavy atom. The molecule has 0 aliphatic rings. The molecule has 0 N–H and O–H groups in total. The zero-order valence-electron chi connectivity index (χ0n) is 22.6. The number of ether oxygens (including phenoxy) is 4. The summed E-state index contributed by atoms with van der Waals surface area (Å²) < 4.78 is 23.9. The van der Waals surface area contributed by atoms with Crippen LogP contribution in [-0.4, -0.2) is 32.2 Å². The van der Waals surface area contributed by atoms with Crippen LogP contribution in [0.25, 0.3) is 6.08 Å². The molecule has 0 bridgehead atoms. The minimum Gasteiger partial charge on any atom is -0.494 e. The van der Waals surface area contributed by atoms with Crippen molar-refractivity contribution in [1.82, 2.24) is 0 Å². The maximum Gasteiger partial charge on any atom is 0.189 e. The van der Waals surface area contributed by atoms with Gasteiger partial charge in [-0.2, -0.15) is 0 Å². The molecule has 0 radical (unpaired) electrons. The SMILES string of the molecule is CCCCOc1ccc(OCCCC)c(C=CC(=O)c2cccc(OCCCC)c2OCCCC)c1. The van der Waals surface area contributed by atoms with E-state index in [0.29, 0.717) is 43.5 Å². The van der Waals surface area contributed by atoms with Crippen molar-refractivity contribution in [3.8, 4) is 23.0 Å². The van der Waals surface area contributed by atoms with Crippen LogP contribution in [0.4, 0.5) is 0 Å². The molecule has 198 valence electrons. The molecule has 0 atom stereocenters. The predicted octanol–water partition coefficient (Wildman–Crippen LogP) is 8.30. The van der Waals surface area contributed by atoms with E-state index < -0.39 is 0 Å². The Labute approximate surface area is 217 Å². The zero-order valence-corrected chi connectivity index (χ0v) is 22.6. The average molecular weight is 497 g/mol. The molecule has 0 heterocycles. The Morgan fingerprint density at radius 3 is 1.92 bits per heavy atom. The van der Waals surface area contributed by atoms with Crippen molar-refractivity contribution in [1.29, 1.82) is 0 Å². The number of para-hydroxylation sites is 1. The monoisotopic (exact) mass is 496 g/mol. The van der Waals surface area contributed by atoms with E-state index in [1.54, 1.807) is 18.2 Å². The number of hydrogen-bond donors (Lipinski definition) is 0. The van der Waals surface area contributed by atoms with Gasteiger partial charge in [-0.1, -0.05) is 59.4 Å². The highest BCUT2D eigenvalue weighted by Gasteiger charge is 2.16. The standard InChI is InChI=1S/C31H44O5/c1-5-9-20-33-26-17-19-29(34-21-10-6-2)25(24-26)16-18-28(32)27-14-13-15-30(35-22-11-7-3)31(27)36-23-12-8-4/h13-19,24H,5-12,20-23H2,1-4H3. The zero-order chi connectivity index (χ0) is 26.0. The predicted molar refractivity (Wildman–Crippen MR) is 148 cm³/mol. The number of hydrogen-bond acceptors (Lipinski definition) is 5. The number of allylic oxidation sites excluding steroid dienone is 1. The summed E-state index contributed by atoms with van der Waals surface area (Å²) in [5, 5.41) is 0. The van der Waals surface area contributed by atoms with Gasteiger partial charge in [0, 0.05) is 5.56 Å². The Hall–Kier alpha value is -2.95. The lowest BCUT2D eigenvalue weighted by Crippen LogP contribution is -2.07. The van der Waals surface area contributed by atoms with Crippen LogP contribution in [0.5, 0.6) is 23.0 Å². The lowest BCUT2D eigenvalue weighted by molar-refractivity contribution is 0.104. The molecule has 0 fully saturated rings. The smallest absolute Gasteiger partial charge is 0.189 e. The second-order valence-electron chi connectivity index (χ2n) is 8.84. The average Bonchev–Trinajstić information content (AvgIpc) is 2.89. The highest BCUT2D eigenvalue weighted by atomic mass is 16.5. The van der Waals surface area contributed by atoms with Gasteiger partial charge in [0.2, 0.25) is 0 Å². The van der Waals surface area contributed by atoms with Crippen LogP contribution in [0.3, 0.4) is 0 Å². The summed E-state index contributed by atoms with van der Waals surface area (Å²) in [6.45, 7) is 10.9. The number of benzene rings is 2. The number of ketones is 1. The fourth-order valence-electron chi connectivity index (χ4n) is 3.41. The quantitative estimate of drug-likeness (QED) is 0.111. The fourth-order valence-corrected chi connectivity index (χ4v) is 3.41. The van der Waals surface area contributed by atoms with Gasteiger partial charge in [-0.05, 0) is 68.2 Å². The van der Waals surface area contributed by atoms with E-state index in [9.17, 15) is 4.79 Å². The lowest BCUT2D eigenvalue weighted by atomic mass is 10.1. The molecular weight excluding hydrogens is 452 g/mol. The molecule has 5 nitrogen and oxygen atoms in total. The second kappa shape index (κ2) is 17.5. The van der Waals surface area contributed by atoms with Crippen LogP contribution in [0.1, 0.15) is 95.0 Å². The van der Waals surface area contributed by atoms with Gasteiger partial charge in [0.25, 0.3) is 0 Å². The molecule has 2 rings (SSSR count). The minimum absolute atomic E-state index is 0.140. The highest BCUT2D eigenvalue weighted by Crippen LogP contribution is 2.33. The van der Waals surface area contributed by atoms with Gasteiger partial charge in [0.05, 0.1) is 32.0 Å². The molecule has 0 saturated heterocycles. The van der Waals surface area contributed by atoms with Gasteiger partial charge >= 0.3 is 0 Å². The molecular formula is C31H44O5.